The highest BCUT2D eigenvalue weighted by molar-refractivity contribution is 5.53. The molecule has 0 fully saturated rings. The third-order valence-corrected chi connectivity index (χ3v) is 1.30. The van der Waals surface area contributed by atoms with Gasteiger partial charge in [0.15, 0.2) is 11.6 Å². The second-order valence-electron chi connectivity index (χ2n) is 2.33. The van der Waals surface area contributed by atoms with Crippen molar-refractivity contribution in [3.8, 4) is 5.75 Å². The molecular formula is C7H4F5NO. The van der Waals surface area contributed by atoms with Gasteiger partial charge in [-0.1, -0.05) is 0 Å². The third-order valence-electron chi connectivity index (χ3n) is 1.30. The summed E-state index contributed by atoms with van der Waals surface area (Å²) in [7, 11) is 0. The number of halogens is 5. The molecule has 0 radical (unpaired) electrons. The van der Waals surface area contributed by atoms with E-state index >= 15 is 0 Å². The lowest BCUT2D eigenvalue weighted by molar-refractivity contribution is -0.275. The van der Waals surface area contributed by atoms with Crippen LogP contribution in [0, 0.1) is 11.6 Å². The standard InChI is InChI=1S/C7H4F5NO/c8-3-1-2-4(13)6(5(3)9)14-7(10,11)12/h1-2H,13H2. The summed E-state index contributed by atoms with van der Waals surface area (Å²) in [6.07, 6.45) is -5.11. The van der Waals surface area contributed by atoms with Crippen LogP contribution in [0.15, 0.2) is 12.1 Å². The third kappa shape index (κ3) is 2.24. The number of nitrogens with two attached hydrogens (primary N) is 1. The van der Waals surface area contributed by atoms with Crippen LogP contribution in [0.25, 0.3) is 0 Å². The van der Waals surface area contributed by atoms with Crippen molar-refractivity contribution in [3.63, 3.8) is 0 Å². The van der Waals surface area contributed by atoms with Crippen LogP contribution in [-0.2, 0) is 0 Å². The molecule has 0 aliphatic rings. The lowest BCUT2D eigenvalue weighted by Crippen LogP contribution is -2.19. The molecule has 0 saturated heterocycles. The van der Waals surface area contributed by atoms with E-state index in [0.29, 0.717) is 6.07 Å². The Morgan fingerprint density at radius 2 is 1.71 bits per heavy atom. The second-order valence-corrected chi connectivity index (χ2v) is 2.33. The van der Waals surface area contributed by atoms with Crippen molar-refractivity contribution in [3.05, 3.63) is 23.8 Å². The molecule has 0 aliphatic heterocycles. The minimum atomic E-state index is -5.11. The number of benzene rings is 1. The van der Waals surface area contributed by atoms with Crippen LogP contribution < -0.4 is 10.5 Å². The SMILES string of the molecule is Nc1ccc(F)c(F)c1OC(F)(F)F. The van der Waals surface area contributed by atoms with Gasteiger partial charge in [0.2, 0.25) is 5.82 Å². The van der Waals surface area contributed by atoms with Crippen molar-refractivity contribution >= 4 is 5.69 Å². The maximum Gasteiger partial charge on any atom is 0.573 e. The van der Waals surface area contributed by atoms with Gasteiger partial charge in [-0.3, -0.25) is 0 Å². The minimum absolute atomic E-state index is 0.605. The van der Waals surface area contributed by atoms with Gasteiger partial charge in [0.25, 0.3) is 0 Å². The van der Waals surface area contributed by atoms with Crippen molar-refractivity contribution in [1.29, 1.82) is 0 Å². The van der Waals surface area contributed by atoms with Crippen LogP contribution in [0.5, 0.6) is 5.75 Å². The molecule has 7 heteroatoms. The first kappa shape index (κ1) is 10.6. The Morgan fingerprint density at radius 3 is 2.21 bits per heavy atom. The molecule has 1 aromatic carbocycles. The number of ether oxygens (including phenoxy) is 1. The fourth-order valence-electron chi connectivity index (χ4n) is 0.766. The molecule has 0 saturated carbocycles. The molecule has 0 aliphatic carbocycles. The molecule has 1 aromatic rings. The molecule has 78 valence electrons. The molecule has 0 bridgehead atoms. The van der Waals surface area contributed by atoms with Crippen LogP contribution in [-0.4, -0.2) is 6.36 Å². The fraction of sp³-hybridized carbons (Fsp3) is 0.143. The van der Waals surface area contributed by atoms with Gasteiger partial charge in [0.1, 0.15) is 0 Å². The molecule has 0 unspecified atom stereocenters. The molecule has 2 nitrogen and oxygen atoms in total. The highest BCUT2D eigenvalue weighted by Crippen LogP contribution is 2.32. The highest BCUT2D eigenvalue weighted by atomic mass is 19.4. The normalized spacial score (nSPS) is 11.5. The van der Waals surface area contributed by atoms with Crippen molar-refractivity contribution in [2.45, 2.75) is 6.36 Å². The van der Waals surface area contributed by atoms with Crippen molar-refractivity contribution < 1.29 is 26.7 Å². The van der Waals surface area contributed by atoms with Gasteiger partial charge in [0, 0.05) is 0 Å². The maximum atomic E-state index is 12.7. The number of hydrogen-bond acceptors (Lipinski definition) is 2. The predicted molar refractivity (Wildman–Crippen MR) is 37.5 cm³/mol. The zero-order chi connectivity index (χ0) is 10.9. The van der Waals surface area contributed by atoms with Crippen molar-refractivity contribution in [2.75, 3.05) is 5.73 Å². The average molecular weight is 213 g/mol. The molecule has 0 spiro atoms. The van der Waals surface area contributed by atoms with Gasteiger partial charge in [-0.25, -0.2) is 4.39 Å². The summed E-state index contributed by atoms with van der Waals surface area (Å²) in [5.41, 5.74) is 4.34. The van der Waals surface area contributed by atoms with E-state index in [2.05, 4.69) is 4.74 Å². The van der Waals surface area contributed by atoms with Crippen LogP contribution in [0.1, 0.15) is 0 Å². The first-order chi connectivity index (χ1) is 6.31. The predicted octanol–water partition coefficient (Wildman–Crippen LogP) is 2.45. The van der Waals surface area contributed by atoms with E-state index in [9.17, 15) is 22.0 Å². The second kappa shape index (κ2) is 3.32. The zero-order valence-corrected chi connectivity index (χ0v) is 6.53. The number of hydrogen-bond donors (Lipinski definition) is 1. The van der Waals surface area contributed by atoms with E-state index in [4.69, 9.17) is 5.73 Å². The zero-order valence-electron chi connectivity index (χ0n) is 6.53. The highest BCUT2D eigenvalue weighted by Gasteiger charge is 2.34. The van der Waals surface area contributed by atoms with Crippen LogP contribution in [0.2, 0.25) is 0 Å². The van der Waals surface area contributed by atoms with Gasteiger partial charge in [-0.05, 0) is 12.1 Å². The first-order valence-electron chi connectivity index (χ1n) is 3.30. The smallest absolute Gasteiger partial charge is 0.400 e. The van der Waals surface area contributed by atoms with E-state index in [1.165, 1.54) is 0 Å². The summed E-state index contributed by atoms with van der Waals surface area (Å²) < 4.78 is 63.4. The van der Waals surface area contributed by atoms with Gasteiger partial charge < -0.3 is 10.5 Å². The van der Waals surface area contributed by atoms with Crippen molar-refractivity contribution in [2.24, 2.45) is 0 Å². The minimum Gasteiger partial charge on any atom is -0.400 e. The van der Waals surface area contributed by atoms with E-state index in [1.54, 1.807) is 0 Å². The largest absolute Gasteiger partial charge is 0.573 e. The van der Waals surface area contributed by atoms with Gasteiger partial charge in [-0.15, -0.1) is 13.2 Å². The first-order valence-corrected chi connectivity index (χ1v) is 3.30. The van der Waals surface area contributed by atoms with Gasteiger partial charge in [-0.2, -0.15) is 4.39 Å². The van der Waals surface area contributed by atoms with E-state index < -0.39 is 29.4 Å². The average Bonchev–Trinajstić information content (AvgIpc) is 2.04. The Labute approximate surface area is 75.1 Å². The maximum absolute atomic E-state index is 12.7. The number of anilines is 1. The summed E-state index contributed by atoms with van der Waals surface area (Å²) in [5, 5.41) is 0. The van der Waals surface area contributed by atoms with E-state index in [1.807, 2.05) is 0 Å². The molecule has 2 N–H and O–H groups in total. The van der Waals surface area contributed by atoms with E-state index in [-0.39, 0.29) is 0 Å². The van der Waals surface area contributed by atoms with Crippen LogP contribution in [0.3, 0.4) is 0 Å². The van der Waals surface area contributed by atoms with E-state index in [0.717, 1.165) is 6.07 Å². The molecule has 0 heterocycles. The Morgan fingerprint density at radius 1 is 1.14 bits per heavy atom. The van der Waals surface area contributed by atoms with Crippen LogP contribution >= 0.6 is 0 Å². The Bertz CT molecular complexity index is 349. The van der Waals surface area contributed by atoms with Crippen molar-refractivity contribution in [1.82, 2.24) is 0 Å². The topological polar surface area (TPSA) is 35.2 Å². The van der Waals surface area contributed by atoms with Crippen LogP contribution in [0.4, 0.5) is 27.6 Å². The summed E-state index contributed by atoms with van der Waals surface area (Å²) in [6.45, 7) is 0. The lowest BCUT2D eigenvalue weighted by Gasteiger charge is -2.11. The molecule has 1 rings (SSSR count). The fourth-order valence-corrected chi connectivity index (χ4v) is 0.766. The molecule has 0 amide bonds. The Kier molecular flexibility index (Phi) is 2.50. The lowest BCUT2D eigenvalue weighted by atomic mass is 10.3. The van der Waals surface area contributed by atoms with Gasteiger partial charge >= 0.3 is 6.36 Å². The molecular weight excluding hydrogens is 209 g/mol. The Balaban J connectivity index is 3.13. The number of rotatable bonds is 1. The summed E-state index contributed by atoms with van der Waals surface area (Å²) in [5.74, 6) is -4.57. The molecule has 0 aromatic heterocycles. The summed E-state index contributed by atoms with van der Waals surface area (Å²) in [6, 6.07) is 1.38. The summed E-state index contributed by atoms with van der Waals surface area (Å²) >= 11 is 0. The van der Waals surface area contributed by atoms with Gasteiger partial charge in [0.05, 0.1) is 5.69 Å². The number of alkyl halides is 3. The molecule has 0 atom stereocenters. The molecule has 14 heavy (non-hydrogen) atoms. The quantitative estimate of drug-likeness (QED) is 0.574. The Hall–Kier alpha value is -1.53. The summed E-state index contributed by atoms with van der Waals surface area (Å²) in [4.78, 5) is 0. The monoisotopic (exact) mass is 213 g/mol. The number of nitrogen functional groups attached to an aromatic ring is 1.